The average molecular weight is 186 g/mol. The molecule has 0 aromatic heterocycles. The number of fused-ring (bicyclic) bond motifs is 2. The zero-order valence-electron chi connectivity index (χ0n) is 8.93. The first-order valence-corrected chi connectivity index (χ1v) is 5.27. The van der Waals surface area contributed by atoms with Crippen molar-refractivity contribution in [1.29, 1.82) is 0 Å². The summed E-state index contributed by atoms with van der Waals surface area (Å²) in [6.07, 6.45) is -0.103. The summed E-state index contributed by atoms with van der Waals surface area (Å²) in [4.78, 5) is 1.57. The van der Waals surface area contributed by atoms with Gasteiger partial charge in [-0.25, -0.2) is 0 Å². The SMILES string of the molecule is C[NH+]1C[C@]2(C)C[NH2+]C[C@](C)(C1)C2O. The van der Waals surface area contributed by atoms with Crippen molar-refractivity contribution in [2.24, 2.45) is 10.8 Å². The number of hydrogen-bond donors (Lipinski definition) is 3. The van der Waals surface area contributed by atoms with E-state index in [0.717, 1.165) is 26.2 Å². The molecule has 2 aliphatic rings. The molecular weight excluding hydrogens is 164 g/mol. The third-order valence-corrected chi connectivity index (χ3v) is 3.95. The van der Waals surface area contributed by atoms with Crippen LogP contribution < -0.4 is 10.2 Å². The lowest BCUT2D eigenvalue weighted by atomic mass is 9.64. The Morgan fingerprint density at radius 1 is 1.23 bits per heavy atom. The molecule has 2 rings (SSSR count). The van der Waals surface area contributed by atoms with Crippen LogP contribution in [0.15, 0.2) is 0 Å². The van der Waals surface area contributed by atoms with E-state index < -0.39 is 0 Å². The molecule has 3 heteroatoms. The third kappa shape index (κ3) is 1.30. The highest BCUT2D eigenvalue weighted by atomic mass is 16.3. The van der Waals surface area contributed by atoms with Gasteiger partial charge in [0.15, 0.2) is 0 Å². The monoisotopic (exact) mass is 186 g/mol. The Balaban J connectivity index is 2.29. The van der Waals surface area contributed by atoms with Crippen LogP contribution >= 0.6 is 0 Å². The van der Waals surface area contributed by atoms with Crippen molar-refractivity contribution in [1.82, 2.24) is 0 Å². The van der Waals surface area contributed by atoms with E-state index in [1.54, 1.807) is 4.90 Å². The highest BCUT2D eigenvalue weighted by Crippen LogP contribution is 2.35. The maximum Gasteiger partial charge on any atom is 0.0921 e. The molecule has 2 heterocycles. The van der Waals surface area contributed by atoms with E-state index in [0.29, 0.717) is 0 Å². The number of aliphatic hydroxyl groups excluding tert-OH is 1. The van der Waals surface area contributed by atoms with Crippen LogP contribution in [0.4, 0.5) is 0 Å². The maximum absolute atomic E-state index is 10.3. The standard InChI is InChI=1S/C10H20N2O/c1-9-4-11-5-10(2,8(9)13)7-12(3)6-9/h8,11,13H,4-7H2,1-3H3/p+2/t8?,9-,10+. The van der Waals surface area contributed by atoms with Gasteiger partial charge < -0.3 is 15.3 Å². The second-order valence-electron chi connectivity index (χ2n) is 5.72. The summed E-state index contributed by atoms with van der Waals surface area (Å²) in [7, 11) is 2.24. The normalized spacial score (nSPS) is 56.3. The fourth-order valence-electron chi connectivity index (χ4n) is 3.58. The van der Waals surface area contributed by atoms with Crippen LogP contribution in [-0.2, 0) is 0 Å². The van der Waals surface area contributed by atoms with Gasteiger partial charge in [0.2, 0.25) is 0 Å². The van der Waals surface area contributed by atoms with Crippen LogP contribution in [0.2, 0.25) is 0 Å². The van der Waals surface area contributed by atoms with E-state index >= 15 is 0 Å². The highest BCUT2D eigenvalue weighted by molar-refractivity contribution is 4.97. The molecule has 76 valence electrons. The molecule has 4 N–H and O–H groups in total. The maximum atomic E-state index is 10.3. The zero-order chi connectivity index (χ0) is 9.69. The fraction of sp³-hybridized carbons (Fsp3) is 1.00. The van der Waals surface area contributed by atoms with Gasteiger partial charge in [0, 0.05) is 0 Å². The largest absolute Gasteiger partial charge is 0.391 e. The molecule has 2 saturated heterocycles. The van der Waals surface area contributed by atoms with Gasteiger partial charge in [0.05, 0.1) is 50.2 Å². The smallest absolute Gasteiger partial charge is 0.0921 e. The Morgan fingerprint density at radius 2 is 1.69 bits per heavy atom. The Kier molecular flexibility index (Phi) is 1.95. The van der Waals surface area contributed by atoms with E-state index in [9.17, 15) is 5.11 Å². The second-order valence-corrected chi connectivity index (χ2v) is 5.72. The molecule has 0 saturated carbocycles. The predicted octanol–water partition coefficient (Wildman–Crippen LogP) is -2.53. The molecule has 3 nitrogen and oxygen atoms in total. The van der Waals surface area contributed by atoms with E-state index in [1.807, 2.05) is 0 Å². The number of hydrogen-bond acceptors (Lipinski definition) is 1. The summed E-state index contributed by atoms with van der Waals surface area (Å²) in [5.74, 6) is 0. The van der Waals surface area contributed by atoms with Crippen molar-refractivity contribution in [2.75, 3.05) is 33.2 Å². The molecule has 13 heavy (non-hydrogen) atoms. The predicted molar refractivity (Wildman–Crippen MR) is 50.5 cm³/mol. The number of rotatable bonds is 0. The molecule has 0 aromatic carbocycles. The average Bonchev–Trinajstić information content (AvgIpc) is 1.97. The van der Waals surface area contributed by atoms with Gasteiger partial charge in [-0.15, -0.1) is 0 Å². The summed E-state index contributed by atoms with van der Waals surface area (Å²) in [5, 5.41) is 12.7. The molecule has 0 radical (unpaired) electrons. The Labute approximate surface area is 80.1 Å². The minimum absolute atomic E-state index is 0.103. The van der Waals surface area contributed by atoms with Gasteiger partial charge in [-0.1, -0.05) is 0 Å². The number of nitrogens with two attached hydrogens (primary N) is 1. The van der Waals surface area contributed by atoms with E-state index in [4.69, 9.17) is 0 Å². The lowest BCUT2D eigenvalue weighted by Gasteiger charge is -2.51. The van der Waals surface area contributed by atoms with Crippen LogP contribution in [0.25, 0.3) is 0 Å². The molecular formula is C10H22N2O+2. The van der Waals surface area contributed by atoms with Crippen LogP contribution in [-0.4, -0.2) is 44.4 Å². The molecule has 2 fully saturated rings. The van der Waals surface area contributed by atoms with Gasteiger partial charge in [0.25, 0.3) is 0 Å². The van der Waals surface area contributed by atoms with E-state index in [-0.39, 0.29) is 16.9 Å². The lowest BCUT2D eigenvalue weighted by molar-refractivity contribution is -0.918. The van der Waals surface area contributed by atoms with Crippen LogP contribution in [0.3, 0.4) is 0 Å². The minimum Gasteiger partial charge on any atom is -0.391 e. The number of nitrogens with one attached hydrogen (secondary N) is 1. The summed E-state index contributed by atoms with van der Waals surface area (Å²) in [6, 6.07) is 0. The van der Waals surface area contributed by atoms with Gasteiger partial charge >= 0.3 is 0 Å². The van der Waals surface area contributed by atoms with Gasteiger partial charge in [-0.3, -0.25) is 0 Å². The van der Waals surface area contributed by atoms with Crippen molar-refractivity contribution in [3.63, 3.8) is 0 Å². The summed E-state index contributed by atoms with van der Waals surface area (Å²) in [6.45, 7) is 8.85. The minimum atomic E-state index is -0.103. The summed E-state index contributed by atoms with van der Waals surface area (Å²) in [5.41, 5.74) is 0.269. The second kappa shape index (κ2) is 2.69. The van der Waals surface area contributed by atoms with Crippen molar-refractivity contribution in [2.45, 2.75) is 20.0 Å². The van der Waals surface area contributed by atoms with Crippen LogP contribution in [0.5, 0.6) is 0 Å². The van der Waals surface area contributed by atoms with Crippen LogP contribution in [0, 0.1) is 10.8 Å². The zero-order valence-corrected chi connectivity index (χ0v) is 8.93. The molecule has 0 aromatic rings. The van der Waals surface area contributed by atoms with Crippen molar-refractivity contribution in [3.8, 4) is 0 Å². The first kappa shape index (κ1) is 9.44. The Bertz CT molecular complexity index is 201. The topological polar surface area (TPSA) is 41.3 Å². The first-order chi connectivity index (χ1) is 5.96. The molecule has 0 spiro atoms. The number of aliphatic hydroxyl groups is 1. The fourth-order valence-corrected chi connectivity index (χ4v) is 3.58. The van der Waals surface area contributed by atoms with Crippen LogP contribution in [0.1, 0.15) is 13.8 Å². The number of piperidine rings is 2. The van der Waals surface area contributed by atoms with Crippen molar-refractivity contribution in [3.05, 3.63) is 0 Å². The third-order valence-electron chi connectivity index (χ3n) is 3.95. The summed E-state index contributed by atoms with van der Waals surface area (Å²) >= 11 is 0. The van der Waals surface area contributed by atoms with Gasteiger partial charge in [0.1, 0.15) is 0 Å². The number of likely N-dealkylation sites (tertiary alicyclic amines) is 1. The first-order valence-electron chi connectivity index (χ1n) is 5.27. The van der Waals surface area contributed by atoms with Gasteiger partial charge in [-0.05, 0) is 13.8 Å². The molecule has 0 aliphatic carbocycles. The Hall–Kier alpha value is -0.120. The molecule has 0 amide bonds. The van der Waals surface area contributed by atoms with E-state index in [2.05, 4.69) is 26.2 Å². The Morgan fingerprint density at radius 3 is 2.15 bits per heavy atom. The highest BCUT2D eigenvalue weighted by Gasteiger charge is 2.57. The quantitative estimate of drug-likeness (QED) is 0.383. The molecule has 2 bridgehead atoms. The molecule has 4 atom stereocenters. The van der Waals surface area contributed by atoms with E-state index in [1.165, 1.54) is 0 Å². The van der Waals surface area contributed by atoms with Crippen molar-refractivity contribution >= 4 is 0 Å². The van der Waals surface area contributed by atoms with Crippen molar-refractivity contribution < 1.29 is 15.3 Å². The number of quaternary nitrogens is 2. The summed E-state index contributed by atoms with van der Waals surface area (Å²) < 4.78 is 0. The molecule has 2 aliphatic heterocycles. The van der Waals surface area contributed by atoms with Gasteiger partial charge in [-0.2, -0.15) is 0 Å². The molecule has 2 unspecified atom stereocenters. The lowest BCUT2D eigenvalue weighted by Crippen LogP contribution is -3.18.